The van der Waals surface area contributed by atoms with Crippen LogP contribution in [0.3, 0.4) is 0 Å². The first-order valence-electron chi connectivity index (χ1n) is 8.12. The maximum Gasteiger partial charge on any atom is 0.351 e. The number of hydrogen-bond acceptors (Lipinski definition) is 4. The Hall–Kier alpha value is -2.88. The fourth-order valence-electron chi connectivity index (χ4n) is 2.49. The number of ketones is 1. The van der Waals surface area contributed by atoms with Gasteiger partial charge in [0.25, 0.3) is 0 Å². The highest BCUT2D eigenvalue weighted by Crippen LogP contribution is 2.29. The number of carbonyl (C=O) groups excluding carboxylic acids is 1. The summed E-state index contributed by atoms with van der Waals surface area (Å²) in [5, 5.41) is 0. The molecule has 1 aliphatic carbocycles. The Labute approximate surface area is 147 Å². The van der Waals surface area contributed by atoms with Crippen molar-refractivity contribution < 1.29 is 13.9 Å². The number of ether oxygens (including phenoxy) is 1. The summed E-state index contributed by atoms with van der Waals surface area (Å²) in [6.07, 6.45) is 15.2. The largest absolute Gasteiger partial charge is 0.464 e. The van der Waals surface area contributed by atoms with Gasteiger partial charge in [0, 0.05) is 11.5 Å². The fourth-order valence-corrected chi connectivity index (χ4v) is 2.49. The highest BCUT2D eigenvalue weighted by molar-refractivity contribution is 6.06. The van der Waals surface area contributed by atoms with E-state index in [9.17, 15) is 9.59 Å². The molecule has 0 bridgehead atoms. The quantitative estimate of drug-likeness (QED) is 0.429. The zero-order valence-electron chi connectivity index (χ0n) is 14.7. The molecule has 130 valence electrons. The van der Waals surface area contributed by atoms with Crippen LogP contribution < -0.4 is 10.4 Å². The van der Waals surface area contributed by atoms with Crippen LogP contribution in [0.2, 0.25) is 0 Å². The highest BCUT2D eigenvalue weighted by atomic mass is 16.5. The summed E-state index contributed by atoms with van der Waals surface area (Å²) < 4.78 is 10.2. The van der Waals surface area contributed by atoms with Gasteiger partial charge >= 0.3 is 5.63 Å². The van der Waals surface area contributed by atoms with Gasteiger partial charge in [0.15, 0.2) is 5.78 Å². The van der Waals surface area contributed by atoms with Gasteiger partial charge in [-0.05, 0) is 25.0 Å². The molecule has 0 amide bonds. The molecule has 0 N–H and O–H groups in total. The minimum atomic E-state index is -0.725. The van der Waals surface area contributed by atoms with Gasteiger partial charge in [0.2, 0.25) is 0 Å². The van der Waals surface area contributed by atoms with Crippen molar-refractivity contribution in [3.05, 3.63) is 88.8 Å². The summed E-state index contributed by atoms with van der Waals surface area (Å²) in [6.45, 7) is 9.30. The molecule has 1 unspecified atom stereocenters. The van der Waals surface area contributed by atoms with Crippen molar-refractivity contribution >= 4 is 5.78 Å². The smallest absolute Gasteiger partial charge is 0.351 e. The van der Waals surface area contributed by atoms with E-state index in [2.05, 4.69) is 32.6 Å². The lowest BCUT2D eigenvalue weighted by Crippen LogP contribution is -2.14. The maximum atomic E-state index is 12.5. The van der Waals surface area contributed by atoms with Crippen LogP contribution in [0.5, 0.6) is 5.75 Å². The van der Waals surface area contributed by atoms with Gasteiger partial charge in [0.1, 0.15) is 17.1 Å². The molecule has 1 aliphatic rings. The molecule has 4 nitrogen and oxygen atoms in total. The number of allylic oxidation sites excluding steroid dienone is 8. The number of rotatable bonds is 6. The molecule has 0 saturated carbocycles. The third kappa shape index (κ3) is 4.57. The maximum absolute atomic E-state index is 12.5. The first-order valence-corrected chi connectivity index (χ1v) is 8.12. The van der Waals surface area contributed by atoms with Crippen LogP contribution in [0.15, 0.2) is 76.2 Å². The van der Waals surface area contributed by atoms with E-state index in [0.29, 0.717) is 5.76 Å². The average molecular weight is 338 g/mol. The molecule has 1 aromatic heterocycles. The zero-order valence-corrected chi connectivity index (χ0v) is 14.7. The second-order valence-electron chi connectivity index (χ2n) is 6.09. The minimum Gasteiger partial charge on any atom is -0.464 e. The van der Waals surface area contributed by atoms with Crippen molar-refractivity contribution in [2.45, 2.75) is 27.2 Å². The summed E-state index contributed by atoms with van der Waals surface area (Å²) in [7, 11) is 0. The molecule has 0 aliphatic heterocycles. The summed E-state index contributed by atoms with van der Waals surface area (Å²) in [6, 6.07) is 1.49. The molecular weight excluding hydrogens is 316 g/mol. The normalized spacial score (nSPS) is 19.6. The molecule has 0 saturated heterocycles. The van der Waals surface area contributed by atoms with Crippen molar-refractivity contribution in [1.82, 2.24) is 0 Å². The first-order chi connectivity index (χ1) is 11.9. The number of carbonyl (C=O) groups is 1. The molecule has 0 fully saturated rings. The van der Waals surface area contributed by atoms with Crippen LogP contribution in [0.1, 0.15) is 36.4 Å². The lowest BCUT2D eigenvalue weighted by atomic mass is 9.86. The van der Waals surface area contributed by atoms with E-state index in [1.54, 1.807) is 13.0 Å². The summed E-state index contributed by atoms with van der Waals surface area (Å²) in [4.78, 5) is 24.6. The summed E-state index contributed by atoms with van der Waals surface area (Å²) in [5.74, 6) is 0.0285. The van der Waals surface area contributed by atoms with Crippen LogP contribution in [0.4, 0.5) is 0 Å². The molecule has 0 radical (unpaired) electrons. The van der Waals surface area contributed by atoms with Crippen molar-refractivity contribution in [3.63, 3.8) is 0 Å². The Bertz CT molecular complexity index is 849. The van der Waals surface area contributed by atoms with Crippen LogP contribution >= 0.6 is 0 Å². The van der Waals surface area contributed by atoms with E-state index in [0.717, 1.165) is 12.0 Å². The highest BCUT2D eigenvalue weighted by Gasteiger charge is 2.19. The van der Waals surface area contributed by atoms with E-state index in [1.165, 1.54) is 18.4 Å². The number of hydrogen-bond donors (Lipinski definition) is 0. The monoisotopic (exact) mass is 338 g/mol. The molecular formula is C21H22O4. The van der Waals surface area contributed by atoms with E-state index in [1.807, 2.05) is 18.2 Å². The second-order valence-corrected chi connectivity index (χ2v) is 6.09. The van der Waals surface area contributed by atoms with E-state index in [4.69, 9.17) is 9.15 Å². The van der Waals surface area contributed by atoms with Gasteiger partial charge in [-0.25, -0.2) is 4.79 Å². The third-order valence-electron chi connectivity index (χ3n) is 4.06. The van der Waals surface area contributed by atoms with Crippen molar-refractivity contribution in [2.24, 2.45) is 5.41 Å². The lowest BCUT2D eigenvalue weighted by molar-refractivity contribution is 0.104. The summed E-state index contributed by atoms with van der Waals surface area (Å²) in [5.41, 5.74) is -0.0506. The molecule has 1 heterocycles. The predicted octanol–water partition coefficient (Wildman–Crippen LogP) is 4.68. The SMILES string of the molecule is C=COc1cc(C)oc(=O)c1C(=O)/C=C/C1=CC(C)(CC)C=CC=C1. The minimum absolute atomic E-state index is 0.0772. The molecule has 0 spiro atoms. The van der Waals surface area contributed by atoms with Gasteiger partial charge in [-0.1, -0.05) is 56.9 Å². The Kier molecular flexibility index (Phi) is 5.75. The van der Waals surface area contributed by atoms with Crippen molar-refractivity contribution in [1.29, 1.82) is 0 Å². The standard InChI is InChI=1S/C21H22O4/c1-5-21(4)12-8-7-9-16(14-21)10-11-17(22)19-18(24-6-2)13-15(3)25-20(19)23/h6-14H,2,5H2,1,3-4H3/b11-10+. The molecule has 2 rings (SSSR count). The fraction of sp³-hybridized carbons (Fsp3) is 0.238. The predicted molar refractivity (Wildman–Crippen MR) is 98.8 cm³/mol. The Morgan fingerprint density at radius 3 is 2.84 bits per heavy atom. The molecule has 0 aromatic carbocycles. The summed E-state index contributed by atoms with van der Waals surface area (Å²) >= 11 is 0. The van der Waals surface area contributed by atoms with Gasteiger partial charge in [0.05, 0.1) is 6.26 Å². The van der Waals surface area contributed by atoms with E-state index >= 15 is 0 Å². The zero-order chi connectivity index (χ0) is 18.4. The van der Waals surface area contributed by atoms with Crippen LogP contribution in [0, 0.1) is 12.3 Å². The topological polar surface area (TPSA) is 56.5 Å². The Balaban J connectivity index is 2.36. The molecule has 1 atom stereocenters. The van der Waals surface area contributed by atoms with Crippen LogP contribution in [-0.4, -0.2) is 5.78 Å². The van der Waals surface area contributed by atoms with Crippen LogP contribution in [0.25, 0.3) is 0 Å². The number of aryl methyl sites for hydroxylation is 1. The second kappa shape index (κ2) is 7.79. The Morgan fingerprint density at radius 1 is 1.40 bits per heavy atom. The molecule has 25 heavy (non-hydrogen) atoms. The van der Waals surface area contributed by atoms with Gasteiger partial charge < -0.3 is 9.15 Å². The van der Waals surface area contributed by atoms with E-state index in [-0.39, 0.29) is 16.7 Å². The lowest BCUT2D eigenvalue weighted by Gasteiger charge is -2.19. The van der Waals surface area contributed by atoms with Gasteiger partial charge in [-0.15, -0.1) is 0 Å². The Morgan fingerprint density at radius 2 is 2.16 bits per heavy atom. The van der Waals surface area contributed by atoms with Crippen molar-refractivity contribution in [3.8, 4) is 5.75 Å². The van der Waals surface area contributed by atoms with Gasteiger partial charge in [-0.3, -0.25) is 4.79 Å². The first kappa shape index (κ1) is 18.5. The average Bonchev–Trinajstić information content (AvgIpc) is 2.75. The molecule has 4 heteroatoms. The van der Waals surface area contributed by atoms with E-state index < -0.39 is 11.4 Å². The van der Waals surface area contributed by atoms with Crippen molar-refractivity contribution in [2.75, 3.05) is 0 Å². The third-order valence-corrected chi connectivity index (χ3v) is 4.06. The van der Waals surface area contributed by atoms with Gasteiger partial charge in [-0.2, -0.15) is 0 Å². The van der Waals surface area contributed by atoms with Crippen LogP contribution in [-0.2, 0) is 0 Å². The molecule has 1 aromatic rings.